The Morgan fingerprint density at radius 3 is 2.69 bits per heavy atom. The van der Waals surface area contributed by atoms with Crippen LogP contribution in [-0.2, 0) is 11.2 Å². The molecule has 26 heavy (non-hydrogen) atoms. The van der Waals surface area contributed by atoms with Crippen molar-refractivity contribution in [3.63, 3.8) is 0 Å². The van der Waals surface area contributed by atoms with Crippen LogP contribution in [0.1, 0.15) is 35.0 Å². The first kappa shape index (κ1) is 18.4. The molecule has 0 bridgehead atoms. The number of aromatic nitrogens is 4. The van der Waals surface area contributed by atoms with E-state index in [0.717, 1.165) is 40.2 Å². The number of benzene rings is 1. The highest BCUT2D eigenvalue weighted by molar-refractivity contribution is 7.99. The minimum atomic E-state index is -0.0603. The maximum atomic E-state index is 12.4. The van der Waals surface area contributed by atoms with Gasteiger partial charge in [-0.3, -0.25) is 4.79 Å². The summed E-state index contributed by atoms with van der Waals surface area (Å²) in [6.07, 6.45) is 0.877. The summed E-state index contributed by atoms with van der Waals surface area (Å²) in [7, 11) is 0. The number of nitrogens with zero attached hydrogens (tertiary/aromatic N) is 4. The van der Waals surface area contributed by atoms with E-state index < -0.39 is 0 Å². The molecule has 0 aliphatic heterocycles. The SMILES string of the molecule is CCc1cccc(C)c1NC(=O)CSc1nc2nc(C)c(C)c(C)n2n1. The maximum absolute atomic E-state index is 12.4. The number of carbonyl (C=O) groups is 1. The van der Waals surface area contributed by atoms with Crippen LogP contribution in [0.2, 0.25) is 0 Å². The third-order valence-electron chi connectivity index (χ3n) is 4.58. The Labute approximate surface area is 157 Å². The van der Waals surface area contributed by atoms with Crippen molar-refractivity contribution in [1.29, 1.82) is 0 Å². The fourth-order valence-corrected chi connectivity index (χ4v) is 3.42. The molecule has 7 heteroatoms. The number of hydrogen-bond acceptors (Lipinski definition) is 5. The Morgan fingerprint density at radius 1 is 1.19 bits per heavy atom. The molecule has 3 rings (SSSR count). The van der Waals surface area contributed by atoms with Gasteiger partial charge in [0.05, 0.1) is 5.75 Å². The molecule has 0 aliphatic carbocycles. The minimum absolute atomic E-state index is 0.0603. The molecule has 2 heterocycles. The number of carbonyl (C=O) groups excluding carboxylic acids is 1. The molecule has 136 valence electrons. The molecular formula is C19H23N5OS. The second-order valence-electron chi connectivity index (χ2n) is 6.31. The van der Waals surface area contributed by atoms with Gasteiger partial charge >= 0.3 is 0 Å². The molecule has 0 saturated carbocycles. The molecule has 3 aromatic rings. The Hall–Kier alpha value is -2.41. The van der Waals surface area contributed by atoms with Crippen LogP contribution in [0.3, 0.4) is 0 Å². The van der Waals surface area contributed by atoms with Crippen molar-refractivity contribution in [2.24, 2.45) is 0 Å². The fraction of sp³-hybridized carbons (Fsp3) is 0.368. The first-order valence-corrected chi connectivity index (χ1v) is 9.61. The summed E-state index contributed by atoms with van der Waals surface area (Å²) in [5.41, 5.74) is 6.18. The normalized spacial score (nSPS) is 11.1. The Bertz CT molecular complexity index is 980. The molecular weight excluding hydrogens is 346 g/mol. The summed E-state index contributed by atoms with van der Waals surface area (Å²) in [5, 5.41) is 8.05. The molecule has 0 fully saturated rings. The van der Waals surface area contributed by atoms with Gasteiger partial charge in [0.2, 0.25) is 11.1 Å². The van der Waals surface area contributed by atoms with Crippen LogP contribution < -0.4 is 5.32 Å². The third kappa shape index (κ3) is 3.58. The Kier molecular flexibility index (Phi) is 5.27. The van der Waals surface area contributed by atoms with E-state index in [2.05, 4.69) is 27.3 Å². The lowest BCUT2D eigenvalue weighted by molar-refractivity contribution is -0.113. The monoisotopic (exact) mass is 369 g/mol. The van der Waals surface area contributed by atoms with Crippen LogP contribution >= 0.6 is 11.8 Å². The number of aryl methyl sites for hydroxylation is 4. The van der Waals surface area contributed by atoms with E-state index in [9.17, 15) is 4.79 Å². The van der Waals surface area contributed by atoms with E-state index in [1.165, 1.54) is 11.8 Å². The standard InChI is InChI=1S/C19H23N5OS/c1-6-15-9-7-8-11(2)17(15)21-16(25)10-26-19-22-18-20-13(4)12(3)14(5)24(18)23-19/h7-9H,6,10H2,1-5H3,(H,21,25). The number of anilines is 1. The van der Waals surface area contributed by atoms with Crippen molar-refractivity contribution in [1.82, 2.24) is 19.6 Å². The highest BCUT2D eigenvalue weighted by Crippen LogP contribution is 2.22. The summed E-state index contributed by atoms with van der Waals surface area (Å²) < 4.78 is 1.74. The van der Waals surface area contributed by atoms with Crippen molar-refractivity contribution in [3.05, 3.63) is 46.3 Å². The van der Waals surface area contributed by atoms with E-state index in [1.54, 1.807) is 4.52 Å². The summed E-state index contributed by atoms with van der Waals surface area (Å²) in [6.45, 7) is 10.1. The predicted octanol–water partition coefficient (Wildman–Crippen LogP) is 3.65. The lowest BCUT2D eigenvalue weighted by Crippen LogP contribution is -2.16. The van der Waals surface area contributed by atoms with Crippen molar-refractivity contribution in [3.8, 4) is 0 Å². The highest BCUT2D eigenvalue weighted by Gasteiger charge is 2.14. The smallest absolute Gasteiger partial charge is 0.253 e. The van der Waals surface area contributed by atoms with Gasteiger partial charge in [0, 0.05) is 17.1 Å². The Morgan fingerprint density at radius 2 is 1.96 bits per heavy atom. The van der Waals surface area contributed by atoms with Gasteiger partial charge < -0.3 is 5.32 Å². The lowest BCUT2D eigenvalue weighted by atomic mass is 10.1. The summed E-state index contributed by atoms with van der Waals surface area (Å²) in [5.74, 6) is 0.765. The number of rotatable bonds is 5. The molecule has 0 saturated heterocycles. The molecule has 0 spiro atoms. The van der Waals surface area contributed by atoms with Gasteiger partial charge in [0.25, 0.3) is 5.78 Å². The van der Waals surface area contributed by atoms with E-state index >= 15 is 0 Å². The van der Waals surface area contributed by atoms with Crippen LogP contribution in [0.15, 0.2) is 23.4 Å². The highest BCUT2D eigenvalue weighted by atomic mass is 32.2. The number of amides is 1. The van der Waals surface area contributed by atoms with Gasteiger partial charge in [-0.05, 0) is 50.8 Å². The lowest BCUT2D eigenvalue weighted by Gasteiger charge is -2.12. The average molecular weight is 369 g/mol. The molecule has 1 aromatic carbocycles. The van der Waals surface area contributed by atoms with Crippen molar-refractivity contribution in [2.75, 3.05) is 11.1 Å². The third-order valence-corrected chi connectivity index (χ3v) is 5.42. The zero-order valence-corrected chi connectivity index (χ0v) is 16.6. The van der Waals surface area contributed by atoms with Gasteiger partial charge in [0.15, 0.2) is 0 Å². The van der Waals surface area contributed by atoms with Crippen LogP contribution in [0.25, 0.3) is 5.78 Å². The van der Waals surface area contributed by atoms with Gasteiger partial charge in [-0.15, -0.1) is 5.10 Å². The van der Waals surface area contributed by atoms with E-state index in [1.807, 2.05) is 45.9 Å². The van der Waals surface area contributed by atoms with Crippen molar-refractivity contribution < 1.29 is 4.79 Å². The average Bonchev–Trinajstić information content (AvgIpc) is 3.02. The van der Waals surface area contributed by atoms with Crippen molar-refractivity contribution in [2.45, 2.75) is 46.2 Å². The summed E-state index contributed by atoms with van der Waals surface area (Å²) in [6, 6.07) is 6.06. The largest absolute Gasteiger partial charge is 0.325 e. The first-order valence-electron chi connectivity index (χ1n) is 8.62. The quantitative estimate of drug-likeness (QED) is 0.695. The first-order chi connectivity index (χ1) is 12.4. The van der Waals surface area contributed by atoms with Gasteiger partial charge in [-0.1, -0.05) is 36.9 Å². The molecule has 0 aliphatic rings. The molecule has 1 N–H and O–H groups in total. The van der Waals surface area contributed by atoms with Gasteiger partial charge in [-0.25, -0.2) is 9.50 Å². The fourth-order valence-electron chi connectivity index (χ4n) is 2.81. The summed E-state index contributed by atoms with van der Waals surface area (Å²) in [4.78, 5) is 21.3. The van der Waals surface area contributed by atoms with Crippen LogP contribution in [0.5, 0.6) is 0 Å². The minimum Gasteiger partial charge on any atom is -0.325 e. The zero-order valence-electron chi connectivity index (χ0n) is 15.8. The molecule has 2 aromatic heterocycles. The molecule has 1 amide bonds. The topological polar surface area (TPSA) is 72.2 Å². The van der Waals surface area contributed by atoms with Crippen molar-refractivity contribution >= 4 is 29.1 Å². The molecule has 6 nitrogen and oxygen atoms in total. The number of thioether (sulfide) groups is 1. The van der Waals surface area contributed by atoms with Gasteiger partial charge in [-0.2, -0.15) is 4.98 Å². The van der Waals surface area contributed by atoms with Gasteiger partial charge in [0.1, 0.15) is 0 Å². The maximum Gasteiger partial charge on any atom is 0.253 e. The predicted molar refractivity (Wildman–Crippen MR) is 105 cm³/mol. The molecule has 0 unspecified atom stereocenters. The summed E-state index contributed by atoms with van der Waals surface area (Å²) >= 11 is 1.32. The number of nitrogens with one attached hydrogen (secondary N) is 1. The van der Waals surface area contributed by atoms with E-state index in [-0.39, 0.29) is 11.7 Å². The second-order valence-corrected chi connectivity index (χ2v) is 7.26. The number of para-hydroxylation sites is 1. The number of hydrogen-bond donors (Lipinski definition) is 1. The van der Waals surface area contributed by atoms with E-state index in [4.69, 9.17) is 0 Å². The number of fused-ring (bicyclic) bond motifs is 1. The molecule has 0 radical (unpaired) electrons. The van der Waals surface area contributed by atoms with Crippen LogP contribution in [0, 0.1) is 27.7 Å². The molecule has 0 atom stereocenters. The van der Waals surface area contributed by atoms with Crippen LogP contribution in [-0.4, -0.2) is 31.2 Å². The zero-order chi connectivity index (χ0) is 18.8. The van der Waals surface area contributed by atoms with E-state index in [0.29, 0.717) is 10.9 Å². The Balaban J connectivity index is 1.72. The van der Waals surface area contributed by atoms with Crippen LogP contribution in [0.4, 0.5) is 5.69 Å². The second kappa shape index (κ2) is 7.45.